The molecule has 1 aliphatic heterocycles. The van der Waals surface area contributed by atoms with E-state index in [4.69, 9.17) is 4.74 Å². The van der Waals surface area contributed by atoms with E-state index in [9.17, 15) is 9.90 Å². The summed E-state index contributed by atoms with van der Waals surface area (Å²) in [5, 5.41) is 10.5. The van der Waals surface area contributed by atoms with Crippen molar-refractivity contribution in [2.45, 2.75) is 13.8 Å². The maximum absolute atomic E-state index is 11.3. The Morgan fingerprint density at radius 1 is 1.47 bits per heavy atom. The van der Waals surface area contributed by atoms with Gasteiger partial charge in [-0.3, -0.25) is 0 Å². The molecule has 0 bridgehead atoms. The summed E-state index contributed by atoms with van der Waals surface area (Å²) in [5.74, 6) is 0.00371. The molecule has 1 atom stereocenters. The first-order valence-electron chi connectivity index (χ1n) is 5.77. The Morgan fingerprint density at radius 3 is 2.84 bits per heavy atom. The fourth-order valence-electron chi connectivity index (χ4n) is 1.80. The van der Waals surface area contributed by atoms with Crippen molar-refractivity contribution < 1.29 is 14.6 Å². The van der Waals surface area contributed by atoms with E-state index in [1.807, 2.05) is 25.1 Å². The fourth-order valence-corrected chi connectivity index (χ4v) is 3.48. The summed E-state index contributed by atoms with van der Waals surface area (Å²) >= 11 is 1.20. The van der Waals surface area contributed by atoms with Crippen molar-refractivity contribution in [1.29, 1.82) is 0 Å². The summed E-state index contributed by atoms with van der Waals surface area (Å²) in [5.41, 5.74) is 1.70. The fraction of sp³-hybridized carbons (Fsp3) is 0.214. The van der Waals surface area contributed by atoms with E-state index in [2.05, 4.69) is 6.58 Å². The minimum atomic E-state index is -0.912. The predicted molar refractivity (Wildman–Crippen MR) is 82.5 cm³/mol. The number of thioether (sulfide) groups is 1. The van der Waals surface area contributed by atoms with Gasteiger partial charge in [-0.05, 0) is 50.6 Å². The highest BCUT2D eigenvalue weighted by Crippen LogP contribution is 2.34. The molecule has 100 valence electrons. The van der Waals surface area contributed by atoms with Gasteiger partial charge in [-0.25, -0.2) is 4.79 Å². The first kappa shape index (κ1) is 14.2. The molecule has 0 saturated carbocycles. The number of carboxylic acids is 1. The second-order valence-corrected chi connectivity index (χ2v) is 6.73. The molecule has 1 N–H and O–H groups in total. The molecule has 19 heavy (non-hydrogen) atoms. The third kappa shape index (κ3) is 3.20. The topological polar surface area (TPSA) is 46.5 Å². The minimum Gasteiger partial charge on any atom is -0.488 e. The molecule has 0 saturated heterocycles. The van der Waals surface area contributed by atoms with Crippen LogP contribution in [-0.2, 0) is 4.79 Å². The number of ether oxygens (including phenoxy) is 1. The Kier molecular flexibility index (Phi) is 4.33. The number of rotatable bonds is 4. The van der Waals surface area contributed by atoms with Crippen LogP contribution in [0.2, 0.25) is 0 Å². The van der Waals surface area contributed by atoms with Crippen LogP contribution in [0.4, 0.5) is 0 Å². The predicted octanol–water partition coefficient (Wildman–Crippen LogP) is 3.42. The molecule has 1 aromatic carbocycles. The van der Waals surface area contributed by atoms with Crippen molar-refractivity contribution in [3.8, 4) is 5.75 Å². The van der Waals surface area contributed by atoms with Gasteiger partial charge in [0, 0.05) is 5.30 Å². The molecule has 5 heteroatoms. The maximum Gasteiger partial charge on any atom is 0.342 e. The molecule has 1 unspecified atom stereocenters. The van der Waals surface area contributed by atoms with Gasteiger partial charge in [0.05, 0.1) is 0 Å². The van der Waals surface area contributed by atoms with Crippen molar-refractivity contribution in [2.75, 3.05) is 6.35 Å². The van der Waals surface area contributed by atoms with E-state index in [0.29, 0.717) is 13.5 Å². The largest absolute Gasteiger partial charge is 0.488 e. The van der Waals surface area contributed by atoms with Gasteiger partial charge in [0.1, 0.15) is 17.0 Å². The summed E-state index contributed by atoms with van der Waals surface area (Å²) in [6.45, 7) is 7.40. The average Bonchev–Trinajstić information content (AvgIpc) is 2.81. The third-order valence-electron chi connectivity index (χ3n) is 2.71. The molecule has 3 nitrogen and oxygen atoms in total. The third-order valence-corrected chi connectivity index (χ3v) is 4.81. The number of allylic oxidation sites excluding steroid dienone is 2. The highest BCUT2D eigenvalue weighted by Gasteiger charge is 2.17. The number of hydrogen-bond donors (Lipinski definition) is 1. The number of aliphatic carboxylic acids is 1. The summed E-state index contributed by atoms with van der Waals surface area (Å²) in [6, 6.07) is 5.85. The van der Waals surface area contributed by atoms with Gasteiger partial charge < -0.3 is 9.84 Å². The number of carbonyl (C=O) groups is 1. The molecular formula is C14H15O3PS. The molecule has 2 rings (SSSR count). The molecule has 0 amide bonds. The molecule has 1 aliphatic rings. The lowest BCUT2D eigenvalue weighted by molar-refractivity contribution is -0.131. The Balaban J connectivity index is 2.42. The van der Waals surface area contributed by atoms with Crippen LogP contribution in [0.3, 0.4) is 0 Å². The maximum atomic E-state index is 11.3. The van der Waals surface area contributed by atoms with Gasteiger partial charge in [0.2, 0.25) is 0 Å². The van der Waals surface area contributed by atoms with Gasteiger partial charge >= 0.3 is 5.97 Å². The lowest BCUT2D eigenvalue weighted by Gasteiger charge is -2.09. The summed E-state index contributed by atoms with van der Waals surface area (Å²) < 4.78 is 5.47. The lowest BCUT2D eigenvalue weighted by atomic mass is 10.1. The van der Waals surface area contributed by atoms with E-state index in [0.717, 1.165) is 28.1 Å². The van der Waals surface area contributed by atoms with Crippen LogP contribution in [-0.4, -0.2) is 17.4 Å². The minimum absolute atomic E-state index is 0.328. The Labute approximate surface area is 118 Å². The molecule has 1 aromatic rings. The van der Waals surface area contributed by atoms with Gasteiger partial charge in [-0.1, -0.05) is 24.4 Å². The molecule has 0 spiro atoms. The number of benzene rings is 1. The molecular weight excluding hydrogens is 279 g/mol. The second kappa shape index (κ2) is 5.81. The van der Waals surface area contributed by atoms with Gasteiger partial charge in [-0.15, -0.1) is 0 Å². The highest BCUT2D eigenvalue weighted by molar-refractivity contribution is 8.07. The van der Waals surface area contributed by atoms with Crippen molar-refractivity contribution in [2.24, 2.45) is 0 Å². The smallest absolute Gasteiger partial charge is 0.342 e. The zero-order valence-electron chi connectivity index (χ0n) is 10.8. The van der Waals surface area contributed by atoms with Gasteiger partial charge in [0.15, 0.2) is 0 Å². The van der Waals surface area contributed by atoms with Crippen LogP contribution in [0.1, 0.15) is 19.4 Å². The first-order chi connectivity index (χ1) is 8.99. The van der Waals surface area contributed by atoms with E-state index >= 15 is 0 Å². The first-order valence-corrected chi connectivity index (χ1v) is 7.80. The molecule has 0 aliphatic carbocycles. The van der Waals surface area contributed by atoms with E-state index in [1.165, 1.54) is 17.1 Å². The monoisotopic (exact) mass is 294 g/mol. The van der Waals surface area contributed by atoms with Crippen molar-refractivity contribution >= 4 is 37.2 Å². The molecule has 0 aromatic heterocycles. The van der Waals surface area contributed by atoms with Crippen LogP contribution < -0.4 is 10.0 Å². The zero-order chi connectivity index (χ0) is 14.0. The van der Waals surface area contributed by atoms with Crippen molar-refractivity contribution in [3.05, 3.63) is 40.2 Å². The highest BCUT2D eigenvalue weighted by atomic mass is 32.2. The van der Waals surface area contributed by atoms with Crippen molar-refractivity contribution in [3.63, 3.8) is 0 Å². The van der Waals surface area contributed by atoms with Crippen LogP contribution in [0.15, 0.2) is 34.6 Å². The Morgan fingerprint density at radius 2 is 2.21 bits per heavy atom. The number of carboxylic acid groups (broad SMARTS) is 1. The van der Waals surface area contributed by atoms with Gasteiger partial charge in [-0.2, -0.15) is 0 Å². The molecule has 1 heterocycles. The van der Waals surface area contributed by atoms with E-state index < -0.39 is 5.97 Å². The number of fused-ring (bicyclic) bond motifs is 1. The van der Waals surface area contributed by atoms with Crippen LogP contribution in [0.25, 0.3) is 5.57 Å². The standard InChI is InChI=1S/C14H15O3PS/c1-8(2)19-13(14(15)16)9(3)10-4-5-11-12(6-10)18-7-17-11/h4-6,18H,1,7H2,2-3H3,(H,15,16)/b13-9+. The Hall–Kier alpha value is -1.25. The zero-order valence-corrected chi connectivity index (χ0v) is 12.6. The van der Waals surface area contributed by atoms with E-state index in [-0.39, 0.29) is 0 Å². The SMILES string of the molecule is C=C(C)S/C(C(=O)O)=C(\C)c1ccc2c(c1)PCO2. The summed E-state index contributed by atoms with van der Waals surface area (Å²) in [4.78, 5) is 12.4. The number of hydrogen-bond acceptors (Lipinski definition) is 3. The van der Waals surface area contributed by atoms with Crippen LogP contribution in [0.5, 0.6) is 5.75 Å². The van der Waals surface area contributed by atoms with Crippen LogP contribution in [0, 0.1) is 0 Å². The Bertz CT molecular complexity index is 578. The second-order valence-electron chi connectivity index (χ2n) is 4.24. The van der Waals surface area contributed by atoms with E-state index in [1.54, 1.807) is 6.92 Å². The average molecular weight is 294 g/mol. The lowest BCUT2D eigenvalue weighted by Crippen LogP contribution is -2.01. The normalized spacial score (nSPS) is 15.7. The summed E-state index contributed by atoms with van der Waals surface area (Å²) in [7, 11) is 0.636. The molecule has 0 radical (unpaired) electrons. The molecule has 0 fully saturated rings. The summed E-state index contributed by atoms with van der Waals surface area (Å²) in [6.07, 6.45) is 0.730. The quantitative estimate of drug-likeness (QED) is 0.682. The van der Waals surface area contributed by atoms with Crippen LogP contribution >= 0.6 is 20.3 Å². The van der Waals surface area contributed by atoms with Gasteiger partial charge in [0.25, 0.3) is 0 Å². The van der Waals surface area contributed by atoms with Crippen molar-refractivity contribution in [1.82, 2.24) is 0 Å².